The lowest BCUT2D eigenvalue weighted by molar-refractivity contribution is -0.143. The van der Waals surface area contributed by atoms with Crippen LogP contribution in [0.25, 0.3) is 0 Å². The first-order chi connectivity index (χ1) is 6.22. The smallest absolute Gasteiger partial charge is 0.305 e. The minimum atomic E-state index is -0.0667. The van der Waals surface area contributed by atoms with Gasteiger partial charge in [-0.2, -0.15) is 0 Å². The van der Waals surface area contributed by atoms with E-state index in [1.54, 1.807) is 0 Å². The Kier molecular flexibility index (Phi) is 6.93. The van der Waals surface area contributed by atoms with Gasteiger partial charge in [-0.05, 0) is 38.5 Å². The van der Waals surface area contributed by atoms with Crippen LogP contribution >= 0.6 is 12.4 Å². The number of carbonyl (C=O) groups is 1. The third-order valence-corrected chi connectivity index (χ3v) is 2.64. The third-order valence-electron chi connectivity index (χ3n) is 2.64. The van der Waals surface area contributed by atoms with Crippen molar-refractivity contribution in [3.8, 4) is 0 Å². The Morgan fingerprint density at radius 2 is 2.21 bits per heavy atom. The Morgan fingerprint density at radius 1 is 1.50 bits per heavy atom. The number of ether oxygens (including phenoxy) is 1. The average molecular weight is 222 g/mol. The van der Waals surface area contributed by atoms with Gasteiger partial charge in [-0.1, -0.05) is 0 Å². The maximum atomic E-state index is 11.0. The summed E-state index contributed by atoms with van der Waals surface area (Å²) in [6.07, 6.45) is 4.89. The molecule has 0 heterocycles. The van der Waals surface area contributed by atoms with Crippen LogP contribution in [0.15, 0.2) is 0 Å². The van der Waals surface area contributed by atoms with Gasteiger partial charge in [-0.25, -0.2) is 0 Å². The molecule has 1 aliphatic carbocycles. The van der Waals surface area contributed by atoms with Crippen LogP contribution in [-0.2, 0) is 9.53 Å². The number of carbonyl (C=O) groups excluding carboxylic acids is 1. The van der Waals surface area contributed by atoms with Crippen LogP contribution in [0.3, 0.4) is 0 Å². The molecule has 3 nitrogen and oxygen atoms in total. The molecule has 14 heavy (non-hydrogen) atoms. The lowest BCUT2D eigenvalue weighted by Gasteiger charge is -2.08. The Labute approximate surface area is 91.8 Å². The molecule has 0 aromatic rings. The van der Waals surface area contributed by atoms with E-state index in [1.807, 2.05) is 6.92 Å². The summed E-state index contributed by atoms with van der Waals surface area (Å²) in [7, 11) is 0. The predicted octanol–water partition coefficient (Wildman–Crippen LogP) is 1.88. The molecule has 0 saturated heterocycles. The lowest BCUT2D eigenvalue weighted by atomic mass is 10.0. The van der Waals surface area contributed by atoms with Crippen LogP contribution < -0.4 is 5.73 Å². The van der Waals surface area contributed by atoms with Gasteiger partial charge in [0.1, 0.15) is 0 Å². The molecule has 1 rings (SSSR count). The molecule has 0 spiro atoms. The fraction of sp³-hybridized carbons (Fsp3) is 0.900. The van der Waals surface area contributed by atoms with Crippen LogP contribution in [0.2, 0.25) is 0 Å². The van der Waals surface area contributed by atoms with E-state index in [0.717, 1.165) is 19.3 Å². The molecule has 84 valence electrons. The van der Waals surface area contributed by atoms with Crippen molar-refractivity contribution in [2.24, 2.45) is 11.7 Å². The second-order valence-electron chi connectivity index (χ2n) is 3.78. The summed E-state index contributed by atoms with van der Waals surface area (Å²) in [6.45, 7) is 2.33. The number of hydrogen-bond donors (Lipinski definition) is 1. The Balaban J connectivity index is 0.00000169. The topological polar surface area (TPSA) is 52.3 Å². The monoisotopic (exact) mass is 221 g/mol. The summed E-state index contributed by atoms with van der Waals surface area (Å²) in [5.41, 5.74) is 5.77. The molecule has 0 aromatic carbocycles. The van der Waals surface area contributed by atoms with Crippen LogP contribution in [0.1, 0.15) is 39.0 Å². The third kappa shape index (κ3) is 4.82. The lowest BCUT2D eigenvalue weighted by Crippen LogP contribution is -2.15. The molecular formula is C10H20ClNO2. The van der Waals surface area contributed by atoms with Crippen LogP contribution in [0.5, 0.6) is 0 Å². The van der Waals surface area contributed by atoms with Gasteiger partial charge >= 0.3 is 5.97 Å². The minimum absolute atomic E-state index is 0. The molecule has 0 radical (unpaired) electrons. The van der Waals surface area contributed by atoms with Crippen molar-refractivity contribution in [1.29, 1.82) is 0 Å². The highest BCUT2D eigenvalue weighted by Gasteiger charge is 2.22. The molecule has 1 saturated carbocycles. The summed E-state index contributed by atoms with van der Waals surface area (Å²) >= 11 is 0. The quantitative estimate of drug-likeness (QED) is 0.738. The zero-order valence-corrected chi connectivity index (χ0v) is 9.52. The fourth-order valence-electron chi connectivity index (χ4n) is 1.93. The molecule has 0 aliphatic heterocycles. The van der Waals surface area contributed by atoms with E-state index in [9.17, 15) is 4.79 Å². The van der Waals surface area contributed by atoms with E-state index in [4.69, 9.17) is 10.5 Å². The zero-order chi connectivity index (χ0) is 9.68. The SMILES string of the molecule is CCOC(=O)CC[C@@H]1CC[C@H](N)C1.Cl. The molecule has 2 atom stereocenters. The maximum Gasteiger partial charge on any atom is 0.305 e. The van der Waals surface area contributed by atoms with Crippen molar-refractivity contribution >= 4 is 18.4 Å². The molecule has 0 amide bonds. The van der Waals surface area contributed by atoms with Gasteiger partial charge in [0.05, 0.1) is 6.61 Å². The van der Waals surface area contributed by atoms with Gasteiger partial charge in [-0.3, -0.25) is 4.79 Å². The first kappa shape index (κ1) is 13.7. The van der Waals surface area contributed by atoms with Gasteiger partial charge in [0.15, 0.2) is 0 Å². The normalized spacial score (nSPS) is 25.6. The molecular weight excluding hydrogens is 202 g/mol. The van der Waals surface area contributed by atoms with E-state index in [-0.39, 0.29) is 18.4 Å². The Bertz CT molecular complexity index is 176. The summed E-state index contributed by atoms with van der Waals surface area (Å²) in [5, 5.41) is 0. The molecule has 0 unspecified atom stereocenters. The Hall–Kier alpha value is -0.280. The van der Waals surface area contributed by atoms with Gasteiger partial charge in [0.25, 0.3) is 0 Å². The summed E-state index contributed by atoms with van der Waals surface area (Å²) < 4.78 is 4.86. The molecule has 4 heteroatoms. The van der Waals surface area contributed by atoms with Gasteiger partial charge in [-0.15, -0.1) is 12.4 Å². The first-order valence-electron chi connectivity index (χ1n) is 5.13. The van der Waals surface area contributed by atoms with Crippen molar-refractivity contribution in [3.05, 3.63) is 0 Å². The highest BCUT2D eigenvalue weighted by atomic mass is 35.5. The van der Waals surface area contributed by atoms with Gasteiger partial charge in [0.2, 0.25) is 0 Å². The average Bonchev–Trinajstić information content (AvgIpc) is 2.49. The summed E-state index contributed by atoms with van der Waals surface area (Å²) in [6, 6.07) is 0.368. The van der Waals surface area contributed by atoms with Crippen molar-refractivity contribution in [2.45, 2.75) is 45.1 Å². The number of nitrogens with two attached hydrogens (primary N) is 1. The summed E-state index contributed by atoms with van der Waals surface area (Å²) in [4.78, 5) is 11.0. The molecule has 1 aliphatic rings. The first-order valence-corrected chi connectivity index (χ1v) is 5.13. The minimum Gasteiger partial charge on any atom is -0.466 e. The fourth-order valence-corrected chi connectivity index (χ4v) is 1.93. The Morgan fingerprint density at radius 3 is 2.71 bits per heavy atom. The molecule has 0 bridgehead atoms. The van der Waals surface area contributed by atoms with Crippen molar-refractivity contribution < 1.29 is 9.53 Å². The predicted molar refractivity (Wildman–Crippen MR) is 58.4 cm³/mol. The standard InChI is InChI=1S/C10H19NO2.ClH/c1-2-13-10(12)6-4-8-3-5-9(11)7-8;/h8-9H,2-7,11H2,1H3;1H/t8-,9-;/m0./s1. The second kappa shape index (κ2) is 7.07. The maximum absolute atomic E-state index is 11.0. The number of hydrogen-bond acceptors (Lipinski definition) is 3. The number of rotatable bonds is 4. The molecule has 1 fully saturated rings. The largest absolute Gasteiger partial charge is 0.466 e. The summed E-state index contributed by atoms with van der Waals surface area (Å²) in [5.74, 6) is 0.586. The second-order valence-corrected chi connectivity index (χ2v) is 3.78. The molecule has 2 N–H and O–H groups in total. The van der Waals surface area contributed by atoms with Gasteiger partial charge < -0.3 is 10.5 Å². The van der Waals surface area contributed by atoms with Crippen LogP contribution in [0.4, 0.5) is 0 Å². The van der Waals surface area contributed by atoms with Gasteiger partial charge in [0, 0.05) is 12.5 Å². The van der Waals surface area contributed by atoms with Crippen molar-refractivity contribution in [2.75, 3.05) is 6.61 Å². The highest BCUT2D eigenvalue weighted by molar-refractivity contribution is 5.85. The number of esters is 1. The van der Waals surface area contributed by atoms with Crippen LogP contribution in [0, 0.1) is 5.92 Å². The van der Waals surface area contributed by atoms with Crippen molar-refractivity contribution in [3.63, 3.8) is 0 Å². The van der Waals surface area contributed by atoms with E-state index in [2.05, 4.69) is 0 Å². The van der Waals surface area contributed by atoms with E-state index in [0.29, 0.717) is 25.0 Å². The van der Waals surface area contributed by atoms with Crippen LogP contribution in [-0.4, -0.2) is 18.6 Å². The molecule has 0 aromatic heterocycles. The van der Waals surface area contributed by atoms with Crippen molar-refractivity contribution in [1.82, 2.24) is 0 Å². The van der Waals surface area contributed by atoms with E-state index < -0.39 is 0 Å². The zero-order valence-electron chi connectivity index (χ0n) is 8.70. The number of halogens is 1. The van der Waals surface area contributed by atoms with E-state index >= 15 is 0 Å². The highest BCUT2D eigenvalue weighted by Crippen LogP contribution is 2.27. The van der Waals surface area contributed by atoms with E-state index in [1.165, 1.54) is 6.42 Å².